The zero-order valence-corrected chi connectivity index (χ0v) is 10.9. The van der Waals surface area contributed by atoms with Crippen molar-refractivity contribution in [2.45, 2.75) is 13.5 Å². The Bertz CT molecular complexity index is 800. The van der Waals surface area contributed by atoms with Crippen LogP contribution in [0.15, 0.2) is 30.5 Å². The number of fused-ring (bicyclic) bond motifs is 1. The molecule has 0 fully saturated rings. The van der Waals surface area contributed by atoms with Crippen LogP contribution < -0.4 is 11.5 Å². The fraction of sp³-hybridized carbons (Fsp3) is 0.154. The van der Waals surface area contributed by atoms with Gasteiger partial charge in [0, 0.05) is 16.8 Å². The normalized spacial score (nSPS) is 11.1. The number of anilines is 2. The molecule has 0 saturated carbocycles. The highest BCUT2D eigenvalue weighted by molar-refractivity contribution is 5.94. The van der Waals surface area contributed by atoms with Gasteiger partial charge in [-0.2, -0.15) is 0 Å². The van der Waals surface area contributed by atoms with E-state index in [0.29, 0.717) is 11.5 Å². The van der Waals surface area contributed by atoms with Crippen molar-refractivity contribution < 1.29 is 4.79 Å². The van der Waals surface area contributed by atoms with E-state index in [0.717, 1.165) is 16.6 Å². The van der Waals surface area contributed by atoms with Gasteiger partial charge in [0.25, 0.3) is 5.91 Å². The highest BCUT2D eigenvalue weighted by Gasteiger charge is 2.14. The Morgan fingerprint density at radius 2 is 2.10 bits per heavy atom. The number of nitrogen functional groups attached to an aromatic ring is 2. The highest BCUT2D eigenvalue weighted by atomic mass is 16.2. The molecular formula is C13H14N6O. The van der Waals surface area contributed by atoms with Gasteiger partial charge in [0.15, 0.2) is 5.82 Å². The Labute approximate surface area is 114 Å². The van der Waals surface area contributed by atoms with Gasteiger partial charge in [-0.25, -0.2) is 4.68 Å². The van der Waals surface area contributed by atoms with Crippen LogP contribution in [0.2, 0.25) is 0 Å². The molecule has 7 nitrogen and oxygen atoms in total. The van der Waals surface area contributed by atoms with Crippen molar-refractivity contribution in [1.29, 1.82) is 0 Å². The van der Waals surface area contributed by atoms with Gasteiger partial charge in [-0.05, 0) is 31.2 Å². The second kappa shape index (κ2) is 4.37. The third kappa shape index (κ3) is 1.99. The van der Waals surface area contributed by atoms with E-state index >= 15 is 0 Å². The Hall–Kier alpha value is -2.83. The van der Waals surface area contributed by atoms with Crippen molar-refractivity contribution in [3.05, 3.63) is 36.2 Å². The van der Waals surface area contributed by atoms with Gasteiger partial charge in [0.1, 0.15) is 6.54 Å². The number of aromatic nitrogens is 4. The summed E-state index contributed by atoms with van der Waals surface area (Å²) < 4.78 is 3.06. The first kappa shape index (κ1) is 12.2. The lowest BCUT2D eigenvalue weighted by Crippen LogP contribution is -2.19. The summed E-state index contributed by atoms with van der Waals surface area (Å²) in [4.78, 5) is 12.4. The predicted octanol–water partition coefficient (Wildman–Crippen LogP) is 1.05. The molecule has 3 rings (SSSR count). The van der Waals surface area contributed by atoms with E-state index < -0.39 is 0 Å². The van der Waals surface area contributed by atoms with E-state index in [1.165, 1.54) is 10.9 Å². The molecule has 4 N–H and O–H groups in total. The molecule has 3 aromatic rings. The van der Waals surface area contributed by atoms with E-state index in [4.69, 9.17) is 11.5 Å². The fourth-order valence-corrected chi connectivity index (χ4v) is 2.30. The van der Waals surface area contributed by atoms with Gasteiger partial charge in [-0.1, -0.05) is 5.21 Å². The summed E-state index contributed by atoms with van der Waals surface area (Å²) in [7, 11) is 0. The van der Waals surface area contributed by atoms with Crippen molar-refractivity contribution in [3.8, 4) is 0 Å². The molecule has 102 valence electrons. The molecular weight excluding hydrogens is 256 g/mol. The summed E-state index contributed by atoms with van der Waals surface area (Å²) in [5.74, 6) is 0.187. The van der Waals surface area contributed by atoms with Gasteiger partial charge >= 0.3 is 0 Å². The van der Waals surface area contributed by atoms with Gasteiger partial charge in [-0.3, -0.25) is 9.36 Å². The number of hydrogen-bond acceptors (Lipinski definition) is 5. The lowest BCUT2D eigenvalue weighted by Gasteiger charge is -2.06. The second-order valence-corrected chi connectivity index (χ2v) is 4.67. The quantitative estimate of drug-likeness (QED) is 0.677. The molecule has 0 amide bonds. The van der Waals surface area contributed by atoms with Crippen LogP contribution in [-0.4, -0.2) is 25.5 Å². The first-order valence-corrected chi connectivity index (χ1v) is 6.11. The molecule has 0 aliphatic carbocycles. The maximum Gasteiger partial charge on any atom is 0.253 e. The Morgan fingerprint density at radius 3 is 2.80 bits per heavy atom. The van der Waals surface area contributed by atoms with Crippen LogP contribution in [0.1, 0.15) is 10.5 Å². The molecule has 0 saturated heterocycles. The van der Waals surface area contributed by atoms with Crippen LogP contribution in [0, 0.1) is 6.92 Å². The highest BCUT2D eigenvalue weighted by Crippen LogP contribution is 2.22. The number of benzene rings is 1. The first-order chi connectivity index (χ1) is 9.54. The summed E-state index contributed by atoms with van der Waals surface area (Å²) in [5, 5.41) is 8.38. The van der Waals surface area contributed by atoms with E-state index in [9.17, 15) is 4.79 Å². The minimum Gasteiger partial charge on any atom is -0.399 e. The molecule has 0 spiro atoms. The largest absolute Gasteiger partial charge is 0.399 e. The molecule has 0 aliphatic rings. The van der Waals surface area contributed by atoms with Gasteiger partial charge < -0.3 is 11.5 Å². The van der Waals surface area contributed by atoms with Crippen molar-refractivity contribution >= 4 is 28.3 Å². The smallest absolute Gasteiger partial charge is 0.253 e. The van der Waals surface area contributed by atoms with Crippen molar-refractivity contribution in [3.63, 3.8) is 0 Å². The number of rotatable bonds is 2. The van der Waals surface area contributed by atoms with Crippen LogP contribution in [0.5, 0.6) is 0 Å². The topological polar surface area (TPSA) is 105 Å². The lowest BCUT2D eigenvalue weighted by atomic mass is 10.2. The molecule has 0 unspecified atom stereocenters. The van der Waals surface area contributed by atoms with Gasteiger partial charge in [0.05, 0.1) is 11.7 Å². The molecule has 1 aromatic carbocycles. The summed E-state index contributed by atoms with van der Waals surface area (Å²) in [6.07, 6.45) is 1.52. The number of carbonyl (C=O) groups excluding carboxylic acids is 1. The Kier molecular flexibility index (Phi) is 2.67. The SMILES string of the molecule is Cc1cc2cc(N)ccc2n1C(=O)Cn1cc(N)nn1. The molecule has 0 atom stereocenters. The first-order valence-electron chi connectivity index (χ1n) is 6.11. The number of carbonyl (C=O) groups is 1. The molecule has 0 radical (unpaired) electrons. The average Bonchev–Trinajstić information content (AvgIpc) is 2.91. The molecule has 20 heavy (non-hydrogen) atoms. The van der Waals surface area contributed by atoms with Crippen LogP contribution in [0.25, 0.3) is 10.9 Å². The van der Waals surface area contributed by atoms with Crippen LogP contribution in [0.4, 0.5) is 11.5 Å². The summed E-state index contributed by atoms with van der Waals surface area (Å²) in [5.41, 5.74) is 13.6. The predicted molar refractivity (Wildman–Crippen MR) is 76.1 cm³/mol. The second-order valence-electron chi connectivity index (χ2n) is 4.67. The molecule has 0 bridgehead atoms. The Morgan fingerprint density at radius 1 is 1.30 bits per heavy atom. The zero-order valence-electron chi connectivity index (χ0n) is 10.9. The molecule has 2 aromatic heterocycles. The summed E-state index contributed by atoms with van der Waals surface area (Å²) in [6.45, 7) is 1.96. The molecule has 0 aliphatic heterocycles. The lowest BCUT2D eigenvalue weighted by molar-refractivity contribution is 0.0889. The van der Waals surface area contributed by atoms with Crippen LogP contribution in [-0.2, 0) is 6.54 Å². The van der Waals surface area contributed by atoms with Crippen LogP contribution in [0.3, 0.4) is 0 Å². The average molecular weight is 270 g/mol. The van der Waals surface area contributed by atoms with Crippen LogP contribution >= 0.6 is 0 Å². The van der Waals surface area contributed by atoms with Gasteiger partial charge in [0.2, 0.25) is 0 Å². The van der Waals surface area contributed by atoms with E-state index in [-0.39, 0.29) is 12.5 Å². The van der Waals surface area contributed by atoms with E-state index in [1.54, 1.807) is 10.6 Å². The van der Waals surface area contributed by atoms with Crippen molar-refractivity contribution in [2.75, 3.05) is 11.5 Å². The molecule has 2 heterocycles. The minimum atomic E-state index is -0.104. The Balaban J connectivity index is 2.01. The maximum atomic E-state index is 12.4. The van der Waals surface area contributed by atoms with Crippen molar-refractivity contribution in [1.82, 2.24) is 19.6 Å². The third-order valence-electron chi connectivity index (χ3n) is 3.11. The number of nitrogens with zero attached hydrogens (tertiary/aromatic N) is 4. The summed E-state index contributed by atoms with van der Waals surface area (Å²) in [6, 6.07) is 7.39. The minimum absolute atomic E-state index is 0.0825. The van der Waals surface area contributed by atoms with E-state index in [1.807, 2.05) is 25.1 Å². The monoisotopic (exact) mass is 270 g/mol. The number of hydrogen-bond donors (Lipinski definition) is 2. The van der Waals surface area contributed by atoms with E-state index in [2.05, 4.69) is 10.3 Å². The standard InChI is InChI=1S/C13H14N6O/c1-8-4-9-5-10(14)2-3-11(9)19(8)13(20)7-18-6-12(15)16-17-18/h2-6H,7,14-15H2,1H3. The number of nitrogens with two attached hydrogens (primary N) is 2. The number of aryl methyl sites for hydroxylation is 1. The fourth-order valence-electron chi connectivity index (χ4n) is 2.30. The zero-order chi connectivity index (χ0) is 14.3. The third-order valence-corrected chi connectivity index (χ3v) is 3.11. The molecule has 7 heteroatoms. The summed E-state index contributed by atoms with van der Waals surface area (Å²) >= 11 is 0. The van der Waals surface area contributed by atoms with Gasteiger partial charge in [-0.15, -0.1) is 5.10 Å². The maximum absolute atomic E-state index is 12.4. The van der Waals surface area contributed by atoms with Crippen molar-refractivity contribution in [2.24, 2.45) is 0 Å².